The van der Waals surface area contributed by atoms with Gasteiger partial charge in [-0.25, -0.2) is 4.98 Å². The van der Waals surface area contributed by atoms with Gasteiger partial charge in [0.2, 0.25) is 6.79 Å². The molecule has 0 radical (unpaired) electrons. The van der Waals surface area contributed by atoms with Crippen molar-refractivity contribution in [3.05, 3.63) is 47.5 Å². The largest absolute Gasteiger partial charge is 0.454 e. The van der Waals surface area contributed by atoms with Gasteiger partial charge in [-0.2, -0.15) is 0 Å². The number of aromatic nitrogens is 2. The maximum Gasteiger partial charge on any atom is 0.274 e. The van der Waals surface area contributed by atoms with Gasteiger partial charge in [0.1, 0.15) is 5.69 Å². The molecule has 4 rings (SSSR count). The molecule has 0 unspecified atom stereocenters. The second-order valence-corrected chi connectivity index (χ2v) is 5.04. The SMILES string of the molecule is O=C(c1cnccn1)N1CCc2cc3c(cc2C1)OCO3. The quantitative estimate of drug-likeness (QED) is 0.791. The molecule has 0 atom stereocenters. The first-order chi connectivity index (χ1) is 10.3. The molecular weight excluding hydrogens is 270 g/mol. The first-order valence-electron chi connectivity index (χ1n) is 6.78. The van der Waals surface area contributed by atoms with Crippen molar-refractivity contribution in [1.82, 2.24) is 14.9 Å². The number of hydrogen-bond acceptors (Lipinski definition) is 5. The third-order valence-electron chi connectivity index (χ3n) is 3.78. The molecule has 6 nitrogen and oxygen atoms in total. The van der Waals surface area contributed by atoms with Crippen molar-refractivity contribution in [2.24, 2.45) is 0 Å². The van der Waals surface area contributed by atoms with Gasteiger partial charge >= 0.3 is 0 Å². The van der Waals surface area contributed by atoms with Gasteiger partial charge in [-0.1, -0.05) is 0 Å². The molecule has 106 valence electrons. The zero-order chi connectivity index (χ0) is 14.2. The summed E-state index contributed by atoms with van der Waals surface area (Å²) in [4.78, 5) is 22.2. The molecule has 3 heterocycles. The van der Waals surface area contributed by atoms with Crippen LogP contribution in [0.2, 0.25) is 0 Å². The Morgan fingerprint density at radius 1 is 1.14 bits per heavy atom. The van der Waals surface area contributed by atoms with E-state index in [-0.39, 0.29) is 12.7 Å². The lowest BCUT2D eigenvalue weighted by Crippen LogP contribution is -2.36. The Morgan fingerprint density at radius 3 is 2.71 bits per heavy atom. The molecule has 0 aliphatic carbocycles. The summed E-state index contributed by atoms with van der Waals surface area (Å²) >= 11 is 0. The molecule has 0 saturated carbocycles. The highest BCUT2D eigenvalue weighted by atomic mass is 16.7. The number of benzene rings is 1. The Morgan fingerprint density at radius 2 is 1.95 bits per heavy atom. The van der Waals surface area contributed by atoms with E-state index >= 15 is 0 Å². The van der Waals surface area contributed by atoms with Crippen LogP contribution in [0.25, 0.3) is 0 Å². The molecule has 0 fully saturated rings. The van der Waals surface area contributed by atoms with Crippen LogP contribution in [0.15, 0.2) is 30.7 Å². The van der Waals surface area contributed by atoms with E-state index in [2.05, 4.69) is 9.97 Å². The second kappa shape index (κ2) is 4.73. The molecular formula is C15H13N3O3. The Hall–Kier alpha value is -2.63. The van der Waals surface area contributed by atoms with Gasteiger partial charge in [0.25, 0.3) is 5.91 Å². The average Bonchev–Trinajstić information content (AvgIpc) is 2.99. The topological polar surface area (TPSA) is 64.6 Å². The number of amides is 1. The third kappa shape index (κ3) is 2.08. The fraction of sp³-hybridized carbons (Fsp3) is 0.267. The highest BCUT2D eigenvalue weighted by Crippen LogP contribution is 2.36. The van der Waals surface area contributed by atoms with Crippen molar-refractivity contribution in [3.63, 3.8) is 0 Å². The molecule has 2 aromatic rings. The summed E-state index contributed by atoms with van der Waals surface area (Å²) in [6.45, 7) is 1.49. The van der Waals surface area contributed by atoms with Crippen LogP contribution in [0, 0.1) is 0 Å². The Labute approximate surface area is 121 Å². The van der Waals surface area contributed by atoms with Crippen LogP contribution in [0.4, 0.5) is 0 Å². The number of rotatable bonds is 1. The normalized spacial score (nSPS) is 15.7. The van der Waals surface area contributed by atoms with Gasteiger partial charge in [-0.05, 0) is 29.7 Å². The van der Waals surface area contributed by atoms with Crippen molar-refractivity contribution in [3.8, 4) is 11.5 Å². The summed E-state index contributed by atoms with van der Waals surface area (Å²) in [6, 6.07) is 3.98. The van der Waals surface area contributed by atoms with Gasteiger partial charge < -0.3 is 14.4 Å². The zero-order valence-electron chi connectivity index (χ0n) is 11.3. The smallest absolute Gasteiger partial charge is 0.274 e. The molecule has 1 amide bonds. The Bertz CT molecular complexity index is 703. The average molecular weight is 283 g/mol. The lowest BCUT2D eigenvalue weighted by molar-refractivity contribution is 0.0728. The van der Waals surface area contributed by atoms with Gasteiger partial charge in [-0.15, -0.1) is 0 Å². The fourth-order valence-electron chi connectivity index (χ4n) is 2.69. The van der Waals surface area contributed by atoms with Gasteiger partial charge in [-0.3, -0.25) is 9.78 Å². The predicted molar refractivity (Wildman–Crippen MR) is 73.0 cm³/mol. The lowest BCUT2D eigenvalue weighted by Gasteiger charge is -2.28. The highest BCUT2D eigenvalue weighted by Gasteiger charge is 2.25. The number of carbonyl (C=O) groups excluding carboxylic acids is 1. The van der Waals surface area contributed by atoms with E-state index in [0.717, 1.165) is 23.5 Å². The minimum Gasteiger partial charge on any atom is -0.454 e. The number of nitrogens with zero attached hydrogens (tertiary/aromatic N) is 3. The first-order valence-corrected chi connectivity index (χ1v) is 6.78. The number of ether oxygens (including phenoxy) is 2. The van der Waals surface area contributed by atoms with Crippen molar-refractivity contribution in [2.75, 3.05) is 13.3 Å². The van der Waals surface area contributed by atoms with E-state index in [4.69, 9.17) is 9.47 Å². The van der Waals surface area contributed by atoms with Gasteiger partial charge in [0.15, 0.2) is 11.5 Å². The van der Waals surface area contributed by atoms with Crippen LogP contribution >= 0.6 is 0 Å². The number of carbonyl (C=O) groups is 1. The van der Waals surface area contributed by atoms with Crippen molar-refractivity contribution < 1.29 is 14.3 Å². The van der Waals surface area contributed by atoms with Crippen LogP contribution in [-0.4, -0.2) is 34.1 Å². The predicted octanol–water partition coefficient (Wildman–Crippen LogP) is 1.40. The molecule has 0 bridgehead atoms. The van der Waals surface area contributed by atoms with Crippen molar-refractivity contribution in [2.45, 2.75) is 13.0 Å². The lowest BCUT2D eigenvalue weighted by atomic mass is 9.98. The first kappa shape index (κ1) is 12.1. The van der Waals surface area contributed by atoms with Crippen molar-refractivity contribution in [1.29, 1.82) is 0 Å². The summed E-state index contributed by atoms with van der Waals surface area (Å²) in [5, 5.41) is 0. The Balaban J connectivity index is 1.61. The molecule has 0 N–H and O–H groups in total. The van der Waals surface area contributed by atoms with E-state index in [1.807, 2.05) is 12.1 Å². The molecule has 21 heavy (non-hydrogen) atoms. The maximum atomic E-state index is 12.4. The molecule has 0 spiro atoms. The number of fused-ring (bicyclic) bond motifs is 2. The molecule has 1 aromatic heterocycles. The van der Waals surface area contributed by atoms with Crippen LogP contribution in [0.5, 0.6) is 11.5 Å². The van der Waals surface area contributed by atoms with E-state index < -0.39 is 0 Å². The van der Waals surface area contributed by atoms with Gasteiger partial charge in [0.05, 0.1) is 6.20 Å². The second-order valence-electron chi connectivity index (χ2n) is 5.04. The molecule has 6 heteroatoms. The van der Waals surface area contributed by atoms with Crippen LogP contribution in [-0.2, 0) is 13.0 Å². The Kier molecular flexibility index (Phi) is 2.73. The summed E-state index contributed by atoms with van der Waals surface area (Å²) < 4.78 is 10.8. The summed E-state index contributed by atoms with van der Waals surface area (Å²) in [5.74, 6) is 1.46. The molecule has 0 saturated heterocycles. The summed E-state index contributed by atoms with van der Waals surface area (Å²) in [6.07, 6.45) is 5.39. The van der Waals surface area contributed by atoms with E-state index in [1.165, 1.54) is 18.0 Å². The van der Waals surface area contributed by atoms with Crippen LogP contribution in [0.1, 0.15) is 21.6 Å². The molecule has 2 aliphatic rings. The minimum atomic E-state index is -0.0913. The summed E-state index contributed by atoms with van der Waals surface area (Å²) in [5.41, 5.74) is 2.69. The molecule has 2 aliphatic heterocycles. The maximum absolute atomic E-state index is 12.4. The number of hydrogen-bond donors (Lipinski definition) is 0. The molecule has 1 aromatic carbocycles. The monoisotopic (exact) mass is 283 g/mol. The minimum absolute atomic E-state index is 0.0913. The van der Waals surface area contributed by atoms with Crippen LogP contribution in [0.3, 0.4) is 0 Å². The summed E-state index contributed by atoms with van der Waals surface area (Å²) in [7, 11) is 0. The van der Waals surface area contributed by atoms with E-state index in [0.29, 0.717) is 18.8 Å². The van der Waals surface area contributed by atoms with E-state index in [9.17, 15) is 4.79 Å². The standard InChI is InChI=1S/C15H13N3O3/c19-15(12-7-16-2-3-17-12)18-4-1-10-5-13-14(21-9-20-13)6-11(10)8-18/h2-3,5-7H,1,4,8-9H2. The van der Waals surface area contributed by atoms with Crippen molar-refractivity contribution >= 4 is 5.91 Å². The van der Waals surface area contributed by atoms with Gasteiger partial charge in [0, 0.05) is 25.5 Å². The zero-order valence-corrected chi connectivity index (χ0v) is 11.3. The van der Waals surface area contributed by atoms with Crippen LogP contribution < -0.4 is 9.47 Å². The highest BCUT2D eigenvalue weighted by molar-refractivity contribution is 5.92. The van der Waals surface area contributed by atoms with E-state index in [1.54, 1.807) is 11.1 Å². The third-order valence-corrected chi connectivity index (χ3v) is 3.78. The fourth-order valence-corrected chi connectivity index (χ4v) is 2.69.